The lowest BCUT2D eigenvalue weighted by molar-refractivity contribution is -0.130. The maximum absolute atomic E-state index is 11.6. The van der Waals surface area contributed by atoms with Crippen molar-refractivity contribution in [2.24, 2.45) is 5.73 Å². The number of anilines is 3. The number of aromatic nitrogens is 3. The molecule has 10 heteroatoms. The van der Waals surface area contributed by atoms with Crippen LogP contribution >= 0.6 is 11.6 Å². The van der Waals surface area contributed by atoms with Gasteiger partial charge in [-0.25, -0.2) is 4.98 Å². The number of halogens is 1. The molecule has 0 spiro atoms. The van der Waals surface area contributed by atoms with Crippen LogP contribution in [0.2, 0.25) is 5.02 Å². The van der Waals surface area contributed by atoms with Crippen LogP contribution < -0.4 is 16.4 Å². The molecule has 3 heterocycles. The van der Waals surface area contributed by atoms with Crippen molar-refractivity contribution < 1.29 is 9.59 Å². The lowest BCUT2D eigenvalue weighted by Crippen LogP contribution is -2.37. The van der Waals surface area contributed by atoms with Crippen molar-refractivity contribution in [1.29, 1.82) is 0 Å². The summed E-state index contributed by atoms with van der Waals surface area (Å²) in [7, 11) is 0. The first kappa shape index (κ1) is 22.6. The third kappa shape index (κ3) is 5.43. The SMILES string of the molecule is CC(=O)N1CCC(n2cc(Nc3cc(NCc4ccccc4C(N)=O)c(Cl)cn3)cn2)CC1. The minimum absolute atomic E-state index is 0.118. The van der Waals surface area contributed by atoms with Gasteiger partial charge in [0.15, 0.2) is 0 Å². The molecule has 1 saturated heterocycles. The zero-order chi connectivity index (χ0) is 23.4. The van der Waals surface area contributed by atoms with E-state index in [1.54, 1.807) is 37.5 Å². The maximum Gasteiger partial charge on any atom is 0.249 e. The normalized spacial score (nSPS) is 14.2. The lowest BCUT2D eigenvalue weighted by atomic mass is 10.1. The lowest BCUT2D eigenvalue weighted by Gasteiger charge is -2.31. The van der Waals surface area contributed by atoms with Crippen LogP contribution in [0, 0.1) is 0 Å². The first-order valence-electron chi connectivity index (χ1n) is 10.7. The maximum atomic E-state index is 11.6. The predicted molar refractivity (Wildman–Crippen MR) is 128 cm³/mol. The van der Waals surface area contributed by atoms with Crippen LogP contribution in [-0.4, -0.2) is 44.6 Å². The molecule has 0 bridgehead atoms. The van der Waals surface area contributed by atoms with Gasteiger partial charge in [0, 0.05) is 44.4 Å². The predicted octanol–water partition coefficient (Wildman–Crippen LogP) is 3.57. The molecule has 0 radical (unpaired) electrons. The van der Waals surface area contributed by atoms with Crippen LogP contribution in [0.15, 0.2) is 48.9 Å². The largest absolute Gasteiger partial charge is 0.380 e. The number of primary amides is 1. The zero-order valence-corrected chi connectivity index (χ0v) is 19.0. The van der Waals surface area contributed by atoms with E-state index < -0.39 is 5.91 Å². The Morgan fingerprint density at radius 1 is 1.21 bits per heavy atom. The molecule has 1 aliphatic rings. The van der Waals surface area contributed by atoms with Crippen LogP contribution in [0.4, 0.5) is 17.2 Å². The van der Waals surface area contributed by atoms with Gasteiger partial charge in [-0.05, 0) is 24.5 Å². The van der Waals surface area contributed by atoms with Gasteiger partial charge < -0.3 is 21.3 Å². The topological polar surface area (TPSA) is 118 Å². The Kier molecular flexibility index (Phi) is 6.79. The Hall–Kier alpha value is -3.59. The molecule has 0 aliphatic carbocycles. The Balaban J connectivity index is 1.41. The smallest absolute Gasteiger partial charge is 0.249 e. The first-order valence-corrected chi connectivity index (χ1v) is 11.1. The Morgan fingerprint density at radius 3 is 2.70 bits per heavy atom. The van der Waals surface area contributed by atoms with Gasteiger partial charge in [0.05, 0.1) is 34.8 Å². The second kappa shape index (κ2) is 9.91. The molecule has 1 aliphatic heterocycles. The fourth-order valence-corrected chi connectivity index (χ4v) is 4.11. The standard InChI is InChI=1S/C23H26ClN7O2/c1-15(32)30-8-6-18(7-9-30)31-14-17(12-28-31)29-22-10-21(20(24)13-27-22)26-11-16-4-2-3-5-19(16)23(25)33/h2-5,10,12-14,18H,6-9,11H2,1H3,(H2,25,33)(H2,26,27,29). The van der Waals surface area contributed by atoms with Crippen LogP contribution in [0.25, 0.3) is 0 Å². The van der Waals surface area contributed by atoms with E-state index in [1.165, 1.54) is 0 Å². The summed E-state index contributed by atoms with van der Waals surface area (Å²) in [5, 5.41) is 11.5. The molecule has 1 aromatic carbocycles. The van der Waals surface area contributed by atoms with Crippen molar-refractivity contribution >= 4 is 40.6 Å². The molecule has 33 heavy (non-hydrogen) atoms. The van der Waals surface area contributed by atoms with E-state index in [-0.39, 0.29) is 11.9 Å². The number of hydrogen-bond acceptors (Lipinski definition) is 6. The van der Waals surface area contributed by atoms with Crippen LogP contribution in [0.5, 0.6) is 0 Å². The monoisotopic (exact) mass is 467 g/mol. The number of hydrogen-bond donors (Lipinski definition) is 3. The van der Waals surface area contributed by atoms with Crippen molar-refractivity contribution in [3.63, 3.8) is 0 Å². The third-order valence-corrected chi connectivity index (χ3v) is 6.07. The van der Waals surface area contributed by atoms with E-state index in [1.807, 2.05) is 27.9 Å². The number of nitrogens with two attached hydrogens (primary N) is 1. The molecule has 9 nitrogen and oxygen atoms in total. The molecule has 172 valence electrons. The summed E-state index contributed by atoms with van der Waals surface area (Å²) in [5.74, 6) is 0.253. The number of benzene rings is 1. The average molecular weight is 468 g/mol. The van der Waals surface area contributed by atoms with Crippen molar-refractivity contribution in [3.8, 4) is 0 Å². The van der Waals surface area contributed by atoms with Crippen molar-refractivity contribution in [2.75, 3.05) is 23.7 Å². The van der Waals surface area contributed by atoms with Gasteiger partial charge in [-0.2, -0.15) is 5.10 Å². The van der Waals surface area contributed by atoms with Gasteiger partial charge in [0.2, 0.25) is 11.8 Å². The minimum atomic E-state index is -0.473. The number of carbonyl (C=O) groups is 2. The summed E-state index contributed by atoms with van der Waals surface area (Å²) in [6, 6.07) is 9.23. The van der Waals surface area contributed by atoms with Gasteiger partial charge >= 0.3 is 0 Å². The molecule has 0 saturated carbocycles. The van der Waals surface area contributed by atoms with E-state index in [9.17, 15) is 9.59 Å². The van der Waals surface area contributed by atoms with Gasteiger partial charge in [-0.3, -0.25) is 14.3 Å². The molecular weight excluding hydrogens is 442 g/mol. The molecule has 1 fully saturated rings. The highest BCUT2D eigenvalue weighted by Crippen LogP contribution is 2.27. The number of amides is 2. The zero-order valence-electron chi connectivity index (χ0n) is 18.3. The van der Waals surface area contributed by atoms with Crippen molar-refractivity contribution in [3.05, 3.63) is 65.1 Å². The highest BCUT2D eigenvalue weighted by atomic mass is 35.5. The quantitative estimate of drug-likeness (QED) is 0.489. The summed E-state index contributed by atoms with van der Waals surface area (Å²) in [6.45, 7) is 3.48. The average Bonchev–Trinajstić information content (AvgIpc) is 3.28. The molecule has 0 unspecified atom stereocenters. The first-order chi connectivity index (χ1) is 15.9. The number of rotatable bonds is 7. The summed E-state index contributed by atoms with van der Waals surface area (Å²) in [5.41, 5.74) is 8.20. The highest BCUT2D eigenvalue weighted by molar-refractivity contribution is 6.33. The fraction of sp³-hybridized carbons (Fsp3) is 0.304. The number of nitrogens with zero attached hydrogens (tertiary/aromatic N) is 4. The van der Waals surface area contributed by atoms with Crippen LogP contribution in [0.3, 0.4) is 0 Å². The minimum Gasteiger partial charge on any atom is -0.380 e. The molecule has 4 N–H and O–H groups in total. The third-order valence-electron chi connectivity index (χ3n) is 5.77. The molecule has 3 aromatic rings. The number of nitrogens with one attached hydrogen (secondary N) is 2. The van der Waals surface area contributed by atoms with E-state index in [0.717, 1.165) is 37.2 Å². The molecule has 4 rings (SSSR count). The summed E-state index contributed by atoms with van der Waals surface area (Å²) < 4.78 is 1.94. The van der Waals surface area contributed by atoms with Crippen molar-refractivity contribution in [1.82, 2.24) is 19.7 Å². The number of piperidine rings is 1. The van der Waals surface area contributed by atoms with Gasteiger partial charge in [0.1, 0.15) is 5.82 Å². The molecule has 2 amide bonds. The van der Waals surface area contributed by atoms with Gasteiger partial charge in [-0.1, -0.05) is 29.8 Å². The Labute approximate surface area is 196 Å². The fourth-order valence-electron chi connectivity index (χ4n) is 3.94. The second-order valence-electron chi connectivity index (χ2n) is 8.00. The van der Waals surface area contributed by atoms with Gasteiger partial charge in [0.25, 0.3) is 0 Å². The molecule has 0 atom stereocenters. The highest BCUT2D eigenvalue weighted by Gasteiger charge is 2.22. The van der Waals surface area contributed by atoms with E-state index >= 15 is 0 Å². The van der Waals surface area contributed by atoms with Crippen molar-refractivity contribution in [2.45, 2.75) is 32.4 Å². The number of carbonyl (C=O) groups excluding carboxylic acids is 2. The summed E-state index contributed by atoms with van der Waals surface area (Å²) in [4.78, 5) is 29.4. The Morgan fingerprint density at radius 2 is 1.97 bits per heavy atom. The van der Waals surface area contributed by atoms with Crippen LogP contribution in [-0.2, 0) is 11.3 Å². The number of likely N-dealkylation sites (tertiary alicyclic amines) is 1. The van der Waals surface area contributed by atoms with Crippen LogP contribution in [0.1, 0.15) is 41.7 Å². The number of pyridine rings is 1. The molecular formula is C23H26ClN7O2. The van der Waals surface area contributed by atoms with E-state index in [4.69, 9.17) is 17.3 Å². The summed E-state index contributed by atoms with van der Waals surface area (Å²) in [6.07, 6.45) is 7.01. The second-order valence-corrected chi connectivity index (χ2v) is 8.40. The molecule has 2 aromatic heterocycles. The Bertz CT molecular complexity index is 1160. The van der Waals surface area contributed by atoms with E-state index in [2.05, 4.69) is 20.7 Å². The summed E-state index contributed by atoms with van der Waals surface area (Å²) >= 11 is 6.32. The van der Waals surface area contributed by atoms with E-state index in [0.29, 0.717) is 28.6 Å². The van der Waals surface area contributed by atoms with Gasteiger partial charge in [-0.15, -0.1) is 0 Å².